The van der Waals surface area contributed by atoms with Gasteiger partial charge in [-0.1, -0.05) is 41.9 Å². The Kier molecular flexibility index (Phi) is 3.38. The van der Waals surface area contributed by atoms with Gasteiger partial charge in [-0.15, -0.1) is 0 Å². The number of ether oxygens (including phenoxy) is 2. The largest absolute Gasteiger partial charge is 0.448 e. The number of hydrogen-bond donors (Lipinski definition) is 0. The summed E-state index contributed by atoms with van der Waals surface area (Å²) >= 11 is 6.11. The monoisotopic (exact) mass is 402 g/mol. The third kappa shape index (κ3) is 2.36. The maximum atomic E-state index is 13.0. The Morgan fingerprint density at radius 2 is 1.66 bits per heavy atom. The standard InChI is InChI=1S/C24H15ClO4/c25-15-11-9-14(10-12-15)24-13-18(16-5-1-4-8-20(16)28-24)21-22(29-24)17-6-2-3-7-19(17)27-23(21)26/h1-12,18H,13H2/t18-,24-/m0/s1. The van der Waals surface area contributed by atoms with Crippen LogP contribution in [0.25, 0.3) is 11.0 Å². The van der Waals surface area contributed by atoms with E-state index in [0.29, 0.717) is 34.1 Å². The molecule has 29 heavy (non-hydrogen) atoms. The molecular formula is C24H15ClO4. The molecule has 6 rings (SSSR count). The third-order valence-electron chi connectivity index (χ3n) is 5.74. The SMILES string of the molecule is O=c1oc2ccccc2c2c1[C@H]1C[C@](c3ccc(Cl)cc3)(Oc3ccccc31)O2. The van der Waals surface area contributed by atoms with E-state index in [1.165, 1.54) is 0 Å². The molecule has 3 aromatic carbocycles. The van der Waals surface area contributed by atoms with Crippen molar-refractivity contribution >= 4 is 22.6 Å². The average Bonchev–Trinajstić information content (AvgIpc) is 2.74. The summed E-state index contributed by atoms with van der Waals surface area (Å²) in [6.45, 7) is 0. The van der Waals surface area contributed by atoms with Gasteiger partial charge in [0, 0.05) is 28.5 Å². The fraction of sp³-hybridized carbons (Fsp3) is 0.125. The molecule has 0 aliphatic carbocycles. The molecule has 0 unspecified atom stereocenters. The van der Waals surface area contributed by atoms with Crippen molar-refractivity contribution in [2.45, 2.75) is 18.1 Å². The van der Waals surface area contributed by atoms with Gasteiger partial charge in [0.1, 0.15) is 17.1 Å². The Morgan fingerprint density at radius 1 is 0.897 bits per heavy atom. The van der Waals surface area contributed by atoms with Crippen LogP contribution in [-0.2, 0) is 5.79 Å². The third-order valence-corrected chi connectivity index (χ3v) is 5.99. The summed E-state index contributed by atoms with van der Waals surface area (Å²) in [4.78, 5) is 13.0. The first-order chi connectivity index (χ1) is 14.1. The zero-order valence-electron chi connectivity index (χ0n) is 15.2. The van der Waals surface area contributed by atoms with Crippen molar-refractivity contribution in [3.63, 3.8) is 0 Å². The Balaban J connectivity index is 1.69. The quantitative estimate of drug-likeness (QED) is 0.388. The predicted molar refractivity (Wildman–Crippen MR) is 110 cm³/mol. The maximum absolute atomic E-state index is 13.0. The van der Waals surface area contributed by atoms with Gasteiger partial charge in [-0.3, -0.25) is 0 Å². The lowest BCUT2D eigenvalue weighted by molar-refractivity contribution is -0.148. The van der Waals surface area contributed by atoms with E-state index in [0.717, 1.165) is 16.5 Å². The highest BCUT2D eigenvalue weighted by Crippen LogP contribution is 2.55. The second-order valence-electron chi connectivity index (χ2n) is 7.39. The second kappa shape index (κ2) is 5.88. The van der Waals surface area contributed by atoms with Crippen molar-refractivity contribution in [3.8, 4) is 11.5 Å². The van der Waals surface area contributed by atoms with E-state index >= 15 is 0 Å². The highest BCUT2D eigenvalue weighted by Gasteiger charge is 2.51. The zero-order valence-corrected chi connectivity index (χ0v) is 16.0. The lowest BCUT2D eigenvalue weighted by atomic mass is 9.78. The second-order valence-corrected chi connectivity index (χ2v) is 7.82. The van der Waals surface area contributed by atoms with Crippen molar-refractivity contribution in [1.29, 1.82) is 0 Å². The Bertz CT molecular complexity index is 1330. The summed E-state index contributed by atoms with van der Waals surface area (Å²) in [5.41, 5.74) is 2.48. The Hall–Kier alpha value is -3.24. The number of hydrogen-bond acceptors (Lipinski definition) is 4. The molecule has 2 aliphatic rings. The van der Waals surface area contributed by atoms with Gasteiger partial charge in [0.25, 0.3) is 5.79 Å². The summed E-state index contributed by atoms with van der Waals surface area (Å²) in [6.07, 6.45) is 0.474. The molecule has 3 heterocycles. The number of rotatable bonds is 1. The van der Waals surface area contributed by atoms with Crippen LogP contribution in [0.1, 0.15) is 29.0 Å². The van der Waals surface area contributed by atoms with Crippen LogP contribution in [0, 0.1) is 0 Å². The van der Waals surface area contributed by atoms with Gasteiger partial charge < -0.3 is 13.9 Å². The lowest BCUT2D eigenvalue weighted by Crippen LogP contribution is -2.48. The number of para-hydroxylation sites is 2. The molecule has 0 radical (unpaired) electrons. The van der Waals surface area contributed by atoms with Crippen LogP contribution < -0.4 is 15.1 Å². The molecule has 142 valence electrons. The van der Waals surface area contributed by atoms with Gasteiger partial charge in [0.15, 0.2) is 0 Å². The fourth-order valence-corrected chi connectivity index (χ4v) is 4.56. The highest BCUT2D eigenvalue weighted by molar-refractivity contribution is 6.30. The molecule has 5 heteroatoms. The van der Waals surface area contributed by atoms with Crippen LogP contribution >= 0.6 is 11.6 Å². The first-order valence-corrected chi connectivity index (χ1v) is 9.81. The molecule has 2 atom stereocenters. The molecule has 4 nitrogen and oxygen atoms in total. The van der Waals surface area contributed by atoms with E-state index in [4.69, 9.17) is 25.5 Å². The molecule has 0 N–H and O–H groups in total. The molecule has 4 aromatic rings. The zero-order chi connectivity index (χ0) is 19.6. The fourth-order valence-electron chi connectivity index (χ4n) is 4.43. The predicted octanol–water partition coefficient (Wildman–Crippen LogP) is 5.61. The summed E-state index contributed by atoms with van der Waals surface area (Å²) in [5, 5.41) is 1.40. The van der Waals surface area contributed by atoms with E-state index in [2.05, 4.69) is 0 Å². The average molecular weight is 403 g/mol. The first-order valence-electron chi connectivity index (χ1n) is 9.43. The van der Waals surface area contributed by atoms with Crippen LogP contribution in [0.4, 0.5) is 0 Å². The van der Waals surface area contributed by atoms with Gasteiger partial charge in [-0.05, 0) is 42.5 Å². The smallest absolute Gasteiger partial charge is 0.343 e. The molecule has 2 bridgehead atoms. The number of fused-ring (bicyclic) bond motifs is 8. The van der Waals surface area contributed by atoms with Gasteiger partial charge in [-0.2, -0.15) is 0 Å². The number of benzene rings is 3. The van der Waals surface area contributed by atoms with Gasteiger partial charge in [-0.25, -0.2) is 4.79 Å². The van der Waals surface area contributed by atoms with E-state index in [-0.39, 0.29) is 11.5 Å². The molecule has 1 aromatic heterocycles. The van der Waals surface area contributed by atoms with Crippen LogP contribution in [0.15, 0.2) is 82.0 Å². The lowest BCUT2D eigenvalue weighted by Gasteiger charge is -2.46. The van der Waals surface area contributed by atoms with Crippen LogP contribution in [-0.4, -0.2) is 0 Å². The van der Waals surface area contributed by atoms with Gasteiger partial charge in [0.2, 0.25) is 0 Å². The van der Waals surface area contributed by atoms with E-state index in [1.54, 1.807) is 6.07 Å². The molecule has 0 saturated heterocycles. The van der Waals surface area contributed by atoms with Crippen molar-refractivity contribution in [2.24, 2.45) is 0 Å². The summed E-state index contributed by atoms with van der Waals surface area (Å²) in [7, 11) is 0. The minimum atomic E-state index is -1.05. The van der Waals surface area contributed by atoms with Crippen molar-refractivity contribution in [2.75, 3.05) is 0 Å². The molecular weight excluding hydrogens is 388 g/mol. The van der Waals surface area contributed by atoms with E-state index < -0.39 is 5.79 Å². The van der Waals surface area contributed by atoms with Crippen molar-refractivity contribution in [3.05, 3.63) is 105 Å². The first kappa shape index (κ1) is 16.7. The molecule has 0 amide bonds. The van der Waals surface area contributed by atoms with Crippen molar-refractivity contribution in [1.82, 2.24) is 0 Å². The summed E-state index contributed by atoms with van der Waals surface area (Å²) < 4.78 is 18.6. The van der Waals surface area contributed by atoms with Crippen molar-refractivity contribution < 1.29 is 13.9 Å². The minimum Gasteiger partial charge on any atom is -0.448 e. The van der Waals surface area contributed by atoms with E-state index in [1.807, 2.05) is 66.7 Å². The maximum Gasteiger partial charge on any atom is 0.343 e. The molecule has 0 fully saturated rings. The highest BCUT2D eigenvalue weighted by atomic mass is 35.5. The normalized spacial score (nSPS) is 21.6. The molecule has 0 spiro atoms. The van der Waals surface area contributed by atoms with Crippen LogP contribution in [0.3, 0.4) is 0 Å². The van der Waals surface area contributed by atoms with Crippen LogP contribution in [0.2, 0.25) is 5.02 Å². The molecule has 2 aliphatic heterocycles. The van der Waals surface area contributed by atoms with Crippen LogP contribution in [0.5, 0.6) is 11.5 Å². The minimum absolute atomic E-state index is 0.194. The summed E-state index contributed by atoms with van der Waals surface area (Å²) in [6, 6.07) is 22.6. The number of halogens is 1. The van der Waals surface area contributed by atoms with E-state index in [9.17, 15) is 4.79 Å². The molecule has 0 saturated carbocycles. The topological polar surface area (TPSA) is 48.7 Å². The van der Waals surface area contributed by atoms with Gasteiger partial charge >= 0.3 is 5.63 Å². The Morgan fingerprint density at radius 3 is 2.52 bits per heavy atom. The Labute approximate surface area is 171 Å². The van der Waals surface area contributed by atoms with Gasteiger partial charge in [0.05, 0.1) is 10.9 Å². The summed E-state index contributed by atoms with van der Waals surface area (Å²) in [5.74, 6) is -0.0117.